The van der Waals surface area contributed by atoms with Gasteiger partial charge in [-0.1, -0.05) is 64.3 Å². The molecule has 1 unspecified atom stereocenters. The Bertz CT molecular complexity index is 804. The Morgan fingerprint density at radius 3 is 2.52 bits per heavy atom. The van der Waals surface area contributed by atoms with Crippen LogP contribution in [0.25, 0.3) is 0 Å². The van der Waals surface area contributed by atoms with Crippen LogP contribution in [0.15, 0.2) is 65.7 Å². The van der Waals surface area contributed by atoms with Gasteiger partial charge >= 0.3 is 0 Å². The van der Waals surface area contributed by atoms with E-state index >= 15 is 0 Å². The Morgan fingerprint density at radius 2 is 1.83 bits per heavy atom. The molecule has 29 heavy (non-hydrogen) atoms. The predicted octanol–water partition coefficient (Wildman–Crippen LogP) is 6.55. The molecule has 0 saturated heterocycles. The Kier molecular flexibility index (Phi) is 9.42. The van der Waals surface area contributed by atoms with Gasteiger partial charge in [-0.15, -0.1) is 0 Å². The van der Waals surface area contributed by atoms with E-state index in [0.29, 0.717) is 4.90 Å². The molecule has 5 heteroatoms. The van der Waals surface area contributed by atoms with Crippen LogP contribution in [0.2, 0.25) is 0 Å². The molecule has 2 aromatic carbocycles. The first-order valence-corrected chi connectivity index (χ1v) is 11.5. The Morgan fingerprint density at radius 1 is 1.07 bits per heavy atom. The highest BCUT2D eigenvalue weighted by Gasteiger charge is 2.23. The maximum absolute atomic E-state index is 11.6. The maximum atomic E-state index is 11.6. The first-order chi connectivity index (χ1) is 13.9. The van der Waals surface area contributed by atoms with Crippen molar-refractivity contribution in [3.05, 3.63) is 66.4 Å². The molecule has 0 fully saturated rings. The van der Waals surface area contributed by atoms with Crippen molar-refractivity contribution in [2.45, 2.75) is 63.2 Å². The number of unbranched alkanes of at least 4 members (excludes halogenated alkanes) is 3. The summed E-state index contributed by atoms with van der Waals surface area (Å²) >= 11 is -1.98. The molecule has 0 spiro atoms. The molecule has 0 aliphatic carbocycles. The summed E-state index contributed by atoms with van der Waals surface area (Å²) in [4.78, 5) is 0.441. The van der Waals surface area contributed by atoms with E-state index in [-0.39, 0.29) is 5.41 Å². The topological polar surface area (TPSA) is 61.4 Å². The van der Waals surface area contributed by atoms with Crippen molar-refractivity contribution in [2.24, 2.45) is 0 Å². The minimum absolute atomic E-state index is 0.185. The van der Waals surface area contributed by atoms with E-state index in [1.807, 2.05) is 48.7 Å². The number of hydrogen-bond acceptors (Lipinski definition) is 3. The molecule has 2 rings (SSSR count). The molecule has 0 aliphatic heterocycles. The average molecular weight is 415 g/mol. The number of allylic oxidation sites excluding steroid dienone is 1. The minimum Gasteiger partial charge on any atom is -0.385 e. The van der Waals surface area contributed by atoms with Crippen LogP contribution in [-0.4, -0.2) is 15.3 Å². The smallest absolute Gasteiger partial charge is 0.186 e. The van der Waals surface area contributed by atoms with Gasteiger partial charge in [0.15, 0.2) is 11.1 Å². The van der Waals surface area contributed by atoms with E-state index in [9.17, 15) is 8.76 Å². The molecule has 0 bridgehead atoms. The van der Waals surface area contributed by atoms with Crippen LogP contribution < -0.4 is 10.6 Å². The summed E-state index contributed by atoms with van der Waals surface area (Å²) in [6, 6.07) is 15.6. The summed E-state index contributed by atoms with van der Waals surface area (Å²) in [5.74, 6) is 0. The molecule has 0 heterocycles. The average Bonchev–Trinajstić information content (AvgIpc) is 2.72. The summed E-state index contributed by atoms with van der Waals surface area (Å²) in [6.07, 6.45) is 9.69. The highest BCUT2D eigenvalue weighted by Crippen LogP contribution is 2.35. The first-order valence-electron chi connectivity index (χ1n) is 10.4. The van der Waals surface area contributed by atoms with Gasteiger partial charge in [-0.2, -0.15) is 0 Å². The lowest BCUT2D eigenvalue weighted by Crippen LogP contribution is -2.19. The number of rotatable bonds is 12. The highest BCUT2D eigenvalue weighted by molar-refractivity contribution is 7.79. The molecular weight excluding hydrogens is 380 g/mol. The van der Waals surface area contributed by atoms with Crippen molar-refractivity contribution in [3.8, 4) is 0 Å². The monoisotopic (exact) mass is 414 g/mol. The molecule has 0 aliphatic rings. The van der Waals surface area contributed by atoms with Crippen LogP contribution in [0.3, 0.4) is 0 Å². The molecule has 158 valence electrons. The summed E-state index contributed by atoms with van der Waals surface area (Å²) in [6.45, 7) is 7.46. The Labute approximate surface area is 178 Å². The second-order valence-corrected chi connectivity index (χ2v) is 8.91. The molecule has 2 aromatic rings. The third kappa shape index (κ3) is 7.67. The zero-order valence-corrected chi connectivity index (χ0v) is 18.6. The molecular formula is C24H34N2O2S. The zero-order valence-electron chi connectivity index (χ0n) is 17.8. The van der Waals surface area contributed by atoms with E-state index in [4.69, 9.17) is 0 Å². The number of nitrogens with one attached hydrogen (secondary N) is 2. The second kappa shape index (κ2) is 11.8. The van der Waals surface area contributed by atoms with E-state index in [2.05, 4.69) is 37.5 Å². The van der Waals surface area contributed by atoms with Crippen LogP contribution in [0.1, 0.15) is 58.4 Å². The predicted molar refractivity (Wildman–Crippen MR) is 125 cm³/mol. The summed E-state index contributed by atoms with van der Waals surface area (Å²) in [5, 5.41) is 6.82. The quantitative estimate of drug-likeness (QED) is 0.272. The minimum atomic E-state index is -1.98. The standard InChI is InChI=1S/C24H34N2O2S/c1-4-5-6-10-17-26-23-15-14-21(29(27)28)19-22(23)24(2,3)16-11-18-25-20-12-8-7-9-13-20/h7-9,11-15,18-19,25-26H,4-6,10,16-17H2,1-3H3,(H,27,28)/b18-11+. The third-order valence-electron chi connectivity index (χ3n) is 5.04. The largest absolute Gasteiger partial charge is 0.385 e. The van der Waals surface area contributed by atoms with Crippen molar-refractivity contribution in [1.29, 1.82) is 0 Å². The van der Waals surface area contributed by atoms with Crippen LogP contribution in [0.5, 0.6) is 0 Å². The van der Waals surface area contributed by atoms with Crippen molar-refractivity contribution in [1.82, 2.24) is 0 Å². The van der Waals surface area contributed by atoms with Gasteiger partial charge in [0.2, 0.25) is 0 Å². The fraction of sp³-hybridized carbons (Fsp3) is 0.417. The van der Waals surface area contributed by atoms with E-state index in [0.717, 1.165) is 36.3 Å². The fourth-order valence-corrected chi connectivity index (χ4v) is 3.68. The fourth-order valence-electron chi connectivity index (χ4n) is 3.27. The van der Waals surface area contributed by atoms with Gasteiger partial charge in [0.25, 0.3) is 0 Å². The Balaban J connectivity index is 2.10. The lowest BCUT2D eigenvalue weighted by atomic mass is 9.80. The second-order valence-electron chi connectivity index (χ2n) is 7.94. The molecule has 1 atom stereocenters. The molecule has 0 amide bonds. The van der Waals surface area contributed by atoms with Crippen LogP contribution >= 0.6 is 0 Å². The molecule has 0 saturated carbocycles. The molecule has 4 nitrogen and oxygen atoms in total. The van der Waals surface area contributed by atoms with Gasteiger partial charge in [-0.3, -0.25) is 0 Å². The molecule has 0 radical (unpaired) electrons. The van der Waals surface area contributed by atoms with Crippen LogP contribution in [0, 0.1) is 0 Å². The summed E-state index contributed by atoms with van der Waals surface area (Å²) in [7, 11) is 0. The summed E-state index contributed by atoms with van der Waals surface area (Å²) < 4.78 is 21.2. The van der Waals surface area contributed by atoms with Crippen molar-refractivity contribution < 1.29 is 8.76 Å². The third-order valence-corrected chi connectivity index (χ3v) is 5.69. The number of anilines is 2. The van der Waals surface area contributed by atoms with Crippen molar-refractivity contribution in [3.63, 3.8) is 0 Å². The number of benzene rings is 2. The Hall–Kier alpha value is -2.11. The van der Waals surface area contributed by atoms with E-state index in [1.54, 1.807) is 6.07 Å². The van der Waals surface area contributed by atoms with Gasteiger partial charge in [-0.25, -0.2) is 4.21 Å². The van der Waals surface area contributed by atoms with Crippen LogP contribution in [-0.2, 0) is 16.5 Å². The number of para-hydroxylation sites is 1. The van der Waals surface area contributed by atoms with Gasteiger partial charge in [-0.05, 0) is 60.4 Å². The SMILES string of the molecule is CCCCCCNc1ccc(S(=O)O)cc1C(C)(C)C/C=C/Nc1ccccc1. The van der Waals surface area contributed by atoms with Crippen molar-refractivity contribution in [2.75, 3.05) is 17.2 Å². The lowest BCUT2D eigenvalue weighted by molar-refractivity contribution is 0.532. The summed E-state index contributed by atoms with van der Waals surface area (Å²) in [5.41, 5.74) is 2.98. The lowest BCUT2D eigenvalue weighted by Gasteiger charge is -2.27. The maximum Gasteiger partial charge on any atom is 0.186 e. The van der Waals surface area contributed by atoms with Gasteiger partial charge in [0.05, 0.1) is 4.90 Å². The van der Waals surface area contributed by atoms with E-state index < -0.39 is 11.1 Å². The van der Waals surface area contributed by atoms with Crippen LogP contribution in [0.4, 0.5) is 11.4 Å². The number of hydrogen-bond donors (Lipinski definition) is 3. The zero-order chi connectivity index (χ0) is 21.1. The van der Waals surface area contributed by atoms with Gasteiger partial charge < -0.3 is 15.2 Å². The van der Waals surface area contributed by atoms with Gasteiger partial charge in [0, 0.05) is 17.9 Å². The highest BCUT2D eigenvalue weighted by atomic mass is 32.2. The molecule has 0 aromatic heterocycles. The van der Waals surface area contributed by atoms with Gasteiger partial charge in [0.1, 0.15) is 0 Å². The molecule has 3 N–H and O–H groups in total. The van der Waals surface area contributed by atoms with Crippen molar-refractivity contribution >= 4 is 22.5 Å². The normalized spacial score (nSPS) is 12.8. The van der Waals surface area contributed by atoms with E-state index in [1.165, 1.54) is 19.3 Å². The first kappa shape index (κ1) is 23.2.